The molecule has 0 saturated carbocycles. The van der Waals surface area contributed by atoms with Crippen LogP contribution >= 0.6 is 0 Å². The molecule has 1 heterocycles. The minimum Gasteiger partial charge on any atom is -0.587 e. The van der Waals surface area contributed by atoms with E-state index in [0.29, 0.717) is 61.8 Å². The molecule has 0 spiro atoms. The summed E-state index contributed by atoms with van der Waals surface area (Å²) in [6.45, 7) is 0. The lowest BCUT2D eigenvalue weighted by molar-refractivity contribution is 0.112. The Labute approximate surface area is 259 Å². The van der Waals surface area contributed by atoms with Crippen molar-refractivity contribution in [2.24, 2.45) is 0 Å². The number of hydrogen-bond donors (Lipinski definition) is 0. The Morgan fingerprint density at radius 1 is 0.778 bits per heavy atom. The Morgan fingerprint density at radius 3 is 2.22 bits per heavy atom. The molecule has 9 heteroatoms. The second-order valence-corrected chi connectivity index (χ2v) is 11.4. The van der Waals surface area contributed by atoms with Crippen LogP contribution in [0.25, 0.3) is 44.4 Å². The van der Waals surface area contributed by atoms with Crippen LogP contribution in [0.15, 0.2) is 114 Å². The van der Waals surface area contributed by atoms with Gasteiger partial charge in [-0.3, -0.25) is 4.79 Å². The molecule has 0 fully saturated rings. The Kier molecular flexibility index (Phi) is 7.97. The zero-order chi connectivity index (χ0) is 31.7. The van der Waals surface area contributed by atoms with Crippen LogP contribution in [0, 0.1) is 28.5 Å². The predicted octanol–water partition coefficient (Wildman–Crippen LogP) is 8.85. The number of nitrogens with zero attached hydrogens (tertiary/aromatic N) is 3. The van der Waals surface area contributed by atoms with Gasteiger partial charge in [-0.05, 0) is 71.8 Å². The van der Waals surface area contributed by atoms with Gasteiger partial charge in [0.25, 0.3) is 6.43 Å². The van der Waals surface area contributed by atoms with Gasteiger partial charge in [-0.15, -0.1) is 0 Å². The van der Waals surface area contributed by atoms with E-state index in [1.54, 1.807) is 60.7 Å². The number of halogens is 3. The molecular formula is C36H20F3N3O2S. The van der Waals surface area contributed by atoms with E-state index in [4.69, 9.17) is 0 Å². The molecule has 1 unspecified atom stereocenters. The number of hydrogen-bond acceptors (Lipinski definition) is 4. The van der Waals surface area contributed by atoms with Crippen molar-refractivity contribution >= 4 is 28.6 Å². The number of fused-ring (bicyclic) bond motifs is 1. The number of benzene rings is 5. The molecular weight excluding hydrogens is 595 g/mol. The summed E-state index contributed by atoms with van der Waals surface area (Å²) in [6.07, 6.45) is -2.05. The fourth-order valence-corrected chi connectivity index (χ4v) is 6.67. The van der Waals surface area contributed by atoms with Gasteiger partial charge in [-0.25, -0.2) is 13.2 Å². The molecule has 0 N–H and O–H groups in total. The predicted molar refractivity (Wildman–Crippen MR) is 166 cm³/mol. The number of rotatable bonds is 7. The number of carbonyl (C=O) groups is 1. The highest BCUT2D eigenvalue weighted by atomic mass is 32.2. The van der Waals surface area contributed by atoms with Crippen molar-refractivity contribution in [2.75, 3.05) is 0 Å². The lowest BCUT2D eigenvalue weighted by atomic mass is 9.92. The molecule has 1 atom stereocenters. The summed E-state index contributed by atoms with van der Waals surface area (Å²) in [4.78, 5) is 11.6. The van der Waals surface area contributed by atoms with Crippen LogP contribution in [0.3, 0.4) is 0 Å². The van der Waals surface area contributed by atoms with Gasteiger partial charge >= 0.3 is 0 Å². The zero-order valence-electron chi connectivity index (χ0n) is 23.2. The average molecular weight is 616 g/mol. The summed E-state index contributed by atoms with van der Waals surface area (Å²) < 4.78 is 57.4. The number of alkyl halides is 2. The largest absolute Gasteiger partial charge is 0.587 e. The number of aldehydes is 1. The molecule has 0 saturated heterocycles. The van der Waals surface area contributed by atoms with Crippen molar-refractivity contribution in [1.29, 1.82) is 10.5 Å². The first-order valence-corrected chi connectivity index (χ1v) is 14.7. The smallest absolute Gasteiger partial charge is 0.263 e. The first kappa shape index (κ1) is 29.5. The molecule has 5 aromatic carbocycles. The van der Waals surface area contributed by atoms with E-state index in [1.807, 2.05) is 0 Å². The summed E-state index contributed by atoms with van der Waals surface area (Å²) in [7, 11) is 0. The van der Waals surface area contributed by atoms with Gasteiger partial charge in [0, 0.05) is 33.2 Å². The summed E-state index contributed by atoms with van der Waals surface area (Å²) in [6, 6.07) is 32.2. The van der Waals surface area contributed by atoms with Crippen LogP contribution in [-0.4, -0.2) is 14.8 Å². The van der Waals surface area contributed by atoms with Crippen LogP contribution < -0.4 is 0 Å². The molecule has 1 aromatic heterocycles. The van der Waals surface area contributed by atoms with E-state index in [9.17, 15) is 33.0 Å². The van der Waals surface area contributed by atoms with Gasteiger partial charge < -0.3 is 4.55 Å². The monoisotopic (exact) mass is 615 g/mol. The molecule has 6 aromatic rings. The maximum Gasteiger partial charge on any atom is 0.263 e. The van der Waals surface area contributed by atoms with Crippen LogP contribution in [0.2, 0.25) is 0 Å². The van der Waals surface area contributed by atoms with Gasteiger partial charge in [0.15, 0.2) is 4.90 Å². The normalized spacial score (nSPS) is 11.7. The van der Waals surface area contributed by atoms with Gasteiger partial charge in [-0.1, -0.05) is 48.5 Å². The van der Waals surface area contributed by atoms with E-state index in [1.165, 1.54) is 52.5 Å². The molecule has 45 heavy (non-hydrogen) atoms. The third-order valence-electron chi connectivity index (χ3n) is 7.45. The molecule has 0 bridgehead atoms. The van der Waals surface area contributed by atoms with E-state index in [0.717, 1.165) is 0 Å². The van der Waals surface area contributed by atoms with Crippen molar-refractivity contribution in [2.45, 2.75) is 11.3 Å². The zero-order valence-corrected chi connectivity index (χ0v) is 24.1. The van der Waals surface area contributed by atoms with Crippen molar-refractivity contribution in [1.82, 2.24) is 3.97 Å². The molecule has 0 aliphatic rings. The highest BCUT2D eigenvalue weighted by Gasteiger charge is 2.30. The fraction of sp³-hybridized carbons (Fsp3) is 0.0278. The lowest BCUT2D eigenvalue weighted by Crippen LogP contribution is -2.14. The van der Waals surface area contributed by atoms with Crippen LogP contribution in [-0.2, 0) is 11.4 Å². The molecule has 0 radical (unpaired) electrons. The third kappa shape index (κ3) is 5.36. The van der Waals surface area contributed by atoms with Crippen molar-refractivity contribution in [3.63, 3.8) is 0 Å². The average Bonchev–Trinajstić information content (AvgIpc) is 3.41. The van der Waals surface area contributed by atoms with E-state index in [2.05, 4.69) is 12.1 Å². The summed E-state index contributed by atoms with van der Waals surface area (Å²) in [5, 5.41) is 20.2. The van der Waals surface area contributed by atoms with Gasteiger partial charge in [0.2, 0.25) is 0 Å². The van der Waals surface area contributed by atoms with E-state index < -0.39 is 23.6 Å². The highest BCUT2D eigenvalue weighted by molar-refractivity contribution is 7.90. The second-order valence-electron chi connectivity index (χ2n) is 10.1. The van der Waals surface area contributed by atoms with Gasteiger partial charge in [-0.2, -0.15) is 14.5 Å². The minimum atomic E-state index is -2.70. The lowest BCUT2D eigenvalue weighted by Gasteiger charge is -2.17. The van der Waals surface area contributed by atoms with Crippen molar-refractivity contribution in [3.05, 3.63) is 137 Å². The Balaban J connectivity index is 1.69. The van der Waals surface area contributed by atoms with Crippen LogP contribution in [0.5, 0.6) is 0 Å². The van der Waals surface area contributed by atoms with Crippen LogP contribution in [0.4, 0.5) is 13.2 Å². The molecule has 0 amide bonds. The summed E-state index contributed by atoms with van der Waals surface area (Å²) in [5.41, 5.74) is 4.13. The number of aromatic nitrogens is 1. The van der Waals surface area contributed by atoms with Gasteiger partial charge in [0.05, 0.1) is 28.8 Å². The highest BCUT2D eigenvalue weighted by Crippen LogP contribution is 2.45. The minimum absolute atomic E-state index is 0.222. The summed E-state index contributed by atoms with van der Waals surface area (Å²) >= 11 is -2.01. The maximum absolute atomic E-state index is 14.9. The van der Waals surface area contributed by atoms with Crippen molar-refractivity contribution < 1.29 is 22.5 Å². The number of carbonyl (C=O) groups excluding carboxylic acids is 1. The second kappa shape index (κ2) is 12.2. The molecule has 0 aliphatic carbocycles. The Bertz CT molecular complexity index is 2180. The van der Waals surface area contributed by atoms with Crippen molar-refractivity contribution in [3.8, 4) is 45.6 Å². The quantitative estimate of drug-likeness (QED) is 0.132. The molecule has 5 nitrogen and oxygen atoms in total. The maximum atomic E-state index is 14.9. The first-order chi connectivity index (χ1) is 21.8. The van der Waals surface area contributed by atoms with Gasteiger partial charge in [0.1, 0.15) is 29.2 Å². The summed E-state index contributed by atoms with van der Waals surface area (Å²) in [5.74, 6) is -0.545. The standard InChI is InChI=1S/C36H20F3N3O2S/c37-28-11-15-33-32(18-28)34(31-7-2-1-4-26(31)19-40)35(42(33)45(44)29-12-9-23(10-13-29)36(38)39)25-6-3-5-24(17-25)30-14-8-22(21-43)16-27(30)20-41/h1-18,21,36H. The first-order valence-electron chi connectivity index (χ1n) is 13.6. The molecule has 218 valence electrons. The molecule has 6 rings (SSSR count). The Morgan fingerprint density at radius 2 is 1.51 bits per heavy atom. The third-order valence-corrected chi connectivity index (χ3v) is 8.84. The fourth-order valence-electron chi connectivity index (χ4n) is 5.39. The van der Waals surface area contributed by atoms with Crippen LogP contribution in [0.1, 0.15) is 33.5 Å². The SMILES string of the molecule is N#Cc1cc(C=O)ccc1-c1cccc(-c2c(-c3ccccc3C#N)c3cc(F)ccc3n2[S+]([O-])c2ccc(C(F)F)cc2)c1. The topological polar surface area (TPSA) is 92.6 Å². The molecule has 0 aliphatic heterocycles. The number of nitriles is 2. The van der Waals surface area contributed by atoms with E-state index >= 15 is 0 Å². The van der Waals surface area contributed by atoms with E-state index in [-0.39, 0.29) is 16.0 Å². The Hall–Kier alpha value is -5.61.